The van der Waals surface area contributed by atoms with Gasteiger partial charge in [0.2, 0.25) is 0 Å². The summed E-state index contributed by atoms with van der Waals surface area (Å²) in [6, 6.07) is 11.0. The lowest BCUT2D eigenvalue weighted by Gasteiger charge is -2.28. The highest BCUT2D eigenvalue weighted by atomic mass is 15.0. The van der Waals surface area contributed by atoms with Crippen molar-refractivity contribution in [1.82, 2.24) is 5.32 Å². The van der Waals surface area contributed by atoms with Gasteiger partial charge in [-0.15, -0.1) is 0 Å². The zero-order chi connectivity index (χ0) is 9.10. The Kier molecular flexibility index (Phi) is 2.29. The number of nitrogens with one attached hydrogen (secondary N) is 1. The maximum absolute atomic E-state index is 8.55. The average molecular weight is 172 g/mol. The summed E-state index contributed by atoms with van der Waals surface area (Å²) in [5.74, 6) is 0. The first-order valence-electron chi connectivity index (χ1n) is 4.59. The lowest BCUT2D eigenvalue weighted by atomic mass is 9.96. The molecular formula is C11H12N2. The summed E-state index contributed by atoms with van der Waals surface area (Å²) in [6.07, 6.45) is 1.73. The monoisotopic (exact) mass is 172 g/mol. The van der Waals surface area contributed by atoms with Crippen LogP contribution in [0.5, 0.6) is 0 Å². The van der Waals surface area contributed by atoms with Crippen LogP contribution in [0.15, 0.2) is 24.3 Å². The quantitative estimate of drug-likeness (QED) is 0.738. The molecule has 0 aromatic heterocycles. The average Bonchev–Trinajstić information content (AvgIpc) is 2.02. The van der Waals surface area contributed by atoms with E-state index in [1.165, 1.54) is 12.0 Å². The SMILES string of the molecule is N#CCc1cccc(C2CCN2)c1. The summed E-state index contributed by atoms with van der Waals surface area (Å²) >= 11 is 0. The van der Waals surface area contributed by atoms with Crippen LogP contribution in [0.25, 0.3) is 0 Å². The summed E-state index contributed by atoms with van der Waals surface area (Å²) in [4.78, 5) is 0. The summed E-state index contributed by atoms with van der Waals surface area (Å²) < 4.78 is 0. The van der Waals surface area contributed by atoms with E-state index in [4.69, 9.17) is 5.26 Å². The van der Waals surface area contributed by atoms with Gasteiger partial charge in [-0.3, -0.25) is 0 Å². The van der Waals surface area contributed by atoms with Crippen LogP contribution in [0.3, 0.4) is 0 Å². The van der Waals surface area contributed by atoms with Gasteiger partial charge in [0.15, 0.2) is 0 Å². The molecule has 1 heterocycles. The fourth-order valence-electron chi connectivity index (χ4n) is 1.58. The third-order valence-electron chi connectivity index (χ3n) is 2.46. The number of hydrogen-bond donors (Lipinski definition) is 1. The van der Waals surface area contributed by atoms with Gasteiger partial charge in [0.1, 0.15) is 0 Å². The van der Waals surface area contributed by atoms with Gasteiger partial charge in [-0.05, 0) is 24.1 Å². The van der Waals surface area contributed by atoms with Crippen molar-refractivity contribution in [3.8, 4) is 6.07 Å². The van der Waals surface area contributed by atoms with E-state index in [2.05, 4.69) is 23.5 Å². The van der Waals surface area contributed by atoms with E-state index in [1.807, 2.05) is 12.1 Å². The maximum atomic E-state index is 8.55. The Morgan fingerprint density at radius 3 is 3.00 bits per heavy atom. The van der Waals surface area contributed by atoms with Crippen molar-refractivity contribution in [2.75, 3.05) is 6.54 Å². The first-order chi connectivity index (χ1) is 6.40. The molecule has 2 heteroatoms. The van der Waals surface area contributed by atoms with Crippen molar-refractivity contribution in [3.05, 3.63) is 35.4 Å². The number of nitrogens with zero attached hydrogens (tertiary/aromatic N) is 1. The maximum Gasteiger partial charge on any atom is 0.0669 e. The van der Waals surface area contributed by atoms with Crippen molar-refractivity contribution in [2.45, 2.75) is 18.9 Å². The van der Waals surface area contributed by atoms with Gasteiger partial charge in [-0.25, -0.2) is 0 Å². The number of benzene rings is 1. The lowest BCUT2D eigenvalue weighted by molar-refractivity contribution is 0.383. The van der Waals surface area contributed by atoms with E-state index in [9.17, 15) is 0 Å². The van der Waals surface area contributed by atoms with Gasteiger partial charge in [0, 0.05) is 6.04 Å². The normalized spacial score (nSPS) is 20.4. The molecule has 0 radical (unpaired) electrons. The minimum absolute atomic E-state index is 0.514. The topological polar surface area (TPSA) is 35.8 Å². The minimum atomic E-state index is 0.514. The standard InChI is InChI=1S/C11H12N2/c12-6-4-9-2-1-3-10(8-9)11-5-7-13-11/h1-3,8,11,13H,4-5,7H2. The van der Waals surface area contributed by atoms with Crippen LogP contribution < -0.4 is 5.32 Å². The Morgan fingerprint density at radius 2 is 2.38 bits per heavy atom. The number of hydrogen-bond acceptors (Lipinski definition) is 2. The molecule has 2 nitrogen and oxygen atoms in total. The Morgan fingerprint density at radius 1 is 1.54 bits per heavy atom. The largest absolute Gasteiger partial charge is 0.310 e. The summed E-state index contributed by atoms with van der Waals surface area (Å²) in [6.45, 7) is 1.12. The van der Waals surface area contributed by atoms with E-state index < -0.39 is 0 Å². The molecule has 0 spiro atoms. The zero-order valence-corrected chi connectivity index (χ0v) is 7.46. The van der Waals surface area contributed by atoms with Gasteiger partial charge in [-0.1, -0.05) is 24.3 Å². The molecular weight excluding hydrogens is 160 g/mol. The molecule has 0 amide bonds. The minimum Gasteiger partial charge on any atom is -0.310 e. The van der Waals surface area contributed by atoms with E-state index in [-0.39, 0.29) is 0 Å². The van der Waals surface area contributed by atoms with E-state index in [0.717, 1.165) is 12.1 Å². The van der Waals surface area contributed by atoms with Crippen molar-refractivity contribution >= 4 is 0 Å². The highest BCUT2D eigenvalue weighted by molar-refractivity contribution is 5.28. The van der Waals surface area contributed by atoms with Gasteiger partial charge in [-0.2, -0.15) is 5.26 Å². The van der Waals surface area contributed by atoms with Crippen molar-refractivity contribution in [2.24, 2.45) is 0 Å². The number of nitriles is 1. The van der Waals surface area contributed by atoms with E-state index in [1.54, 1.807) is 0 Å². The molecule has 2 rings (SSSR count). The van der Waals surface area contributed by atoms with Gasteiger partial charge < -0.3 is 5.32 Å². The predicted molar refractivity (Wildman–Crippen MR) is 51.1 cm³/mol. The molecule has 66 valence electrons. The van der Waals surface area contributed by atoms with Crippen LogP contribution in [-0.4, -0.2) is 6.54 Å². The highest BCUT2D eigenvalue weighted by Gasteiger charge is 2.17. The van der Waals surface area contributed by atoms with Crippen LogP contribution in [0, 0.1) is 11.3 Å². The third kappa shape index (κ3) is 1.71. The highest BCUT2D eigenvalue weighted by Crippen LogP contribution is 2.23. The molecule has 0 saturated carbocycles. The predicted octanol–water partition coefficient (Wildman–Crippen LogP) is 1.79. The molecule has 1 aromatic carbocycles. The van der Waals surface area contributed by atoms with E-state index >= 15 is 0 Å². The summed E-state index contributed by atoms with van der Waals surface area (Å²) in [5.41, 5.74) is 2.44. The zero-order valence-electron chi connectivity index (χ0n) is 7.46. The Labute approximate surface area is 78.2 Å². The van der Waals surface area contributed by atoms with Gasteiger partial charge in [0.05, 0.1) is 12.5 Å². The molecule has 1 atom stereocenters. The second-order valence-corrected chi connectivity index (χ2v) is 3.38. The Hall–Kier alpha value is -1.33. The Balaban J connectivity index is 2.17. The van der Waals surface area contributed by atoms with Crippen molar-refractivity contribution in [3.63, 3.8) is 0 Å². The third-order valence-corrected chi connectivity index (χ3v) is 2.46. The van der Waals surface area contributed by atoms with Gasteiger partial charge >= 0.3 is 0 Å². The smallest absolute Gasteiger partial charge is 0.0669 e. The van der Waals surface area contributed by atoms with Crippen molar-refractivity contribution in [1.29, 1.82) is 5.26 Å². The molecule has 1 unspecified atom stereocenters. The Bertz CT molecular complexity index is 334. The summed E-state index contributed by atoms with van der Waals surface area (Å²) in [7, 11) is 0. The molecule has 1 saturated heterocycles. The van der Waals surface area contributed by atoms with E-state index in [0.29, 0.717) is 12.5 Å². The molecule has 1 fully saturated rings. The molecule has 1 aliphatic heterocycles. The fraction of sp³-hybridized carbons (Fsp3) is 0.364. The first-order valence-corrected chi connectivity index (χ1v) is 4.59. The van der Waals surface area contributed by atoms with Crippen LogP contribution in [0.4, 0.5) is 0 Å². The molecule has 0 bridgehead atoms. The van der Waals surface area contributed by atoms with Crippen molar-refractivity contribution < 1.29 is 0 Å². The summed E-state index contributed by atoms with van der Waals surface area (Å²) in [5, 5.41) is 11.9. The fourth-order valence-corrected chi connectivity index (χ4v) is 1.58. The second kappa shape index (κ2) is 3.59. The molecule has 1 N–H and O–H groups in total. The van der Waals surface area contributed by atoms with Crippen LogP contribution >= 0.6 is 0 Å². The first kappa shape index (κ1) is 8.28. The van der Waals surface area contributed by atoms with Crippen LogP contribution in [-0.2, 0) is 6.42 Å². The van der Waals surface area contributed by atoms with Crippen LogP contribution in [0.1, 0.15) is 23.6 Å². The molecule has 13 heavy (non-hydrogen) atoms. The number of rotatable bonds is 2. The second-order valence-electron chi connectivity index (χ2n) is 3.38. The molecule has 0 aliphatic carbocycles. The van der Waals surface area contributed by atoms with Crippen LogP contribution in [0.2, 0.25) is 0 Å². The van der Waals surface area contributed by atoms with Gasteiger partial charge in [0.25, 0.3) is 0 Å². The molecule has 1 aliphatic rings. The lowest BCUT2D eigenvalue weighted by Crippen LogP contribution is -2.34. The molecule has 1 aromatic rings.